The van der Waals surface area contributed by atoms with Gasteiger partial charge in [-0.25, -0.2) is 4.39 Å². The highest BCUT2D eigenvalue weighted by molar-refractivity contribution is 5.85. The molecule has 140 valence electrons. The Hall–Kier alpha value is -1.51. The van der Waals surface area contributed by atoms with Crippen molar-refractivity contribution in [2.75, 3.05) is 40.5 Å². The molecule has 8 heteroatoms. The van der Waals surface area contributed by atoms with Gasteiger partial charge in [0.05, 0.1) is 19.4 Å². The Bertz CT molecular complexity index is 602. The number of halogens is 1. The summed E-state index contributed by atoms with van der Waals surface area (Å²) in [4.78, 5) is 16.6. The van der Waals surface area contributed by atoms with E-state index in [1.165, 1.54) is 0 Å². The van der Waals surface area contributed by atoms with E-state index >= 15 is 0 Å². The highest BCUT2D eigenvalue weighted by Crippen LogP contribution is 2.27. The Morgan fingerprint density at radius 3 is 3.00 bits per heavy atom. The number of nitrogens with zero attached hydrogens (tertiary/aromatic N) is 4. The predicted octanol–water partition coefficient (Wildman–Crippen LogP) is 0.596. The van der Waals surface area contributed by atoms with E-state index in [-0.39, 0.29) is 18.6 Å². The molecule has 2 saturated heterocycles. The summed E-state index contributed by atoms with van der Waals surface area (Å²) in [5.41, 5.74) is 0.157. The molecule has 1 aromatic rings. The van der Waals surface area contributed by atoms with E-state index in [0.29, 0.717) is 39.1 Å². The van der Waals surface area contributed by atoms with Crippen LogP contribution in [0.2, 0.25) is 0 Å². The summed E-state index contributed by atoms with van der Waals surface area (Å²) in [5, 5.41) is 4.17. The third kappa shape index (κ3) is 3.86. The van der Waals surface area contributed by atoms with E-state index in [2.05, 4.69) is 10.00 Å². The van der Waals surface area contributed by atoms with Gasteiger partial charge in [-0.1, -0.05) is 0 Å². The molecule has 0 aliphatic carbocycles. The standard InChI is InChI=1S/C17H27FN4O3/c1-20(16(23)17(24-3)4-5-25-12-17)11-15-6-14(18)10-22(15)9-13-7-19-21(2)8-13/h7-8,14-15H,4-6,9-12H2,1-3H3/t14-,15-,17?/m0/s1. The maximum atomic E-state index is 14.0. The first kappa shape index (κ1) is 18.3. The topological polar surface area (TPSA) is 59.8 Å². The molecule has 3 atom stereocenters. The first-order valence-corrected chi connectivity index (χ1v) is 8.67. The number of alkyl halides is 1. The maximum Gasteiger partial charge on any atom is 0.257 e. The molecule has 2 aliphatic rings. The Morgan fingerprint density at radius 1 is 1.60 bits per heavy atom. The monoisotopic (exact) mass is 354 g/mol. The molecule has 2 fully saturated rings. The summed E-state index contributed by atoms with van der Waals surface area (Å²) in [6, 6.07) is -0.0135. The minimum atomic E-state index is -0.892. The van der Waals surface area contributed by atoms with Gasteiger partial charge in [-0.05, 0) is 6.42 Å². The summed E-state index contributed by atoms with van der Waals surface area (Å²) in [5.74, 6) is -0.0869. The number of likely N-dealkylation sites (N-methyl/N-ethyl adjacent to an activating group) is 1. The Labute approximate surface area is 147 Å². The number of carbonyl (C=O) groups excluding carboxylic acids is 1. The minimum absolute atomic E-state index is 0.0135. The summed E-state index contributed by atoms with van der Waals surface area (Å²) in [6.45, 7) is 2.31. The van der Waals surface area contributed by atoms with Crippen LogP contribution >= 0.6 is 0 Å². The summed E-state index contributed by atoms with van der Waals surface area (Å²) in [7, 11) is 5.17. The molecule has 0 radical (unpaired) electrons. The molecule has 25 heavy (non-hydrogen) atoms. The van der Waals surface area contributed by atoms with Gasteiger partial charge < -0.3 is 14.4 Å². The molecular weight excluding hydrogens is 327 g/mol. The minimum Gasteiger partial charge on any atom is -0.378 e. The van der Waals surface area contributed by atoms with Crippen molar-refractivity contribution >= 4 is 5.91 Å². The highest BCUT2D eigenvalue weighted by atomic mass is 19.1. The fraction of sp³-hybridized carbons (Fsp3) is 0.765. The molecule has 7 nitrogen and oxygen atoms in total. The Balaban J connectivity index is 1.64. The van der Waals surface area contributed by atoms with Crippen molar-refractivity contribution < 1.29 is 18.7 Å². The summed E-state index contributed by atoms with van der Waals surface area (Å²) >= 11 is 0. The number of hydrogen-bond acceptors (Lipinski definition) is 5. The number of ether oxygens (including phenoxy) is 2. The largest absolute Gasteiger partial charge is 0.378 e. The summed E-state index contributed by atoms with van der Waals surface area (Å²) in [6.07, 6.45) is 3.87. The normalized spacial score (nSPS) is 30.1. The lowest BCUT2D eigenvalue weighted by molar-refractivity contribution is -0.154. The molecule has 0 spiro atoms. The quantitative estimate of drug-likeness (QED) is 0.749. The van der Waals surface area contributed by atoms with Crippen LogP contribution in [0.25, 0.3) is 0 Å². The molecule has 0 saturated carbocycles. The average molecular weight is 354 g/mol. The van der Waals surface area contributed by atoms with E-state index in [1.807, 2.05) is 13.2 Å². The van der Waals surface area contributed by atoms with Crippen LogP contribution in [0, 0.1) is 0 Å². The molecular formula is C17H27FN4O3. The SMILES string of the molecule is COC1(C(=O)N(C)C[C@@H]2C[C@H](F)CN2Cc2cnn(C)c2)CCOC1. The van der Waals surface area contributed by atoms with E-state index in [0.717, 1.165) is 5.56 Å². The molecule has 0 aromatic carbocycles. The van der Waals surface area contributed by atoms with Crippen molar-refractivity contribution in [1.29, 1.82) is 0 Å². The lowest BCUT2D eigenvalue weighted by Gasteiger charge is -2.33. The molecule has 2 aliphatic heterocycles. The van der Waals surface area contributed by atoms with Crippen molar-refractivity contribution in [3.63, 3.8) is 0 Å². The molecule has 0 N–H and O–H groups in total. The highest BCUT2D eigenvalue weighted by Gasteiger charge is 2.45. The van der Waals surface area contributed by atoms with Crippen LogP contribution in [0.15, 0.2) is 12.4 Å². The van der Waals surface area contributed by atoms with Gasteiger partial charge in [-0.2, -0.15) is 5.10 Å². The molecule has 1 aromatic heterocycles. The molecule has 0 bridgehead atoms. The van der Waals surface area contributed by atoms with Crippen molar-refractivity contribution in [3.05, 3.63) is 18.0 Å². The van der Waals surface area contributed by atoms with Crippen molar-refractivity contribution in [1.82, 2.24) is 19.6 Å². The van der Waals surface area contributed by atoms with Gasteiger partial charge in [0.25, 0.3) is 5.91 Å². The zero-order valence-corrected chi connectivity index (χ0v) is 15.2. The van der Waals surface area contributed by atoms with Crippen LogP contribution in [0.4, 0.5) is 4.39 Å². The van der Waals surface area contributed by atoms with Crippen LogP contribution in [-0.2, 0) is 27.9 Å². The van der Waals surface area contributed by atoms with Crippen molar-refractivity contribution in [2.24, 2.45) is 7.05 Å². The number of aryl methyl sites for hydroxylation is 1. The third-order valence-electron chi connectivity index (χ3n) is 5.22. The summed E-state index contributed by atoms with van der Waals surface area (Å²) < 4.78 is 26.6. The molecule has 1 amide bonds. The van der Waals surface area contributed by atoms with Crippen LogP contribution < -0.4 is 0 Å². The number of rotatable bonds is 6. The number of likely N-dealkylation sites (tertiary alicyclic amines) is 1. The van der Waals surface area contributed by atoms with Gasteiger partial charge >= 0.3 is 0 Å². The molecule has 1 unspecified atom stereocenters. The van der Waals surface area contributed by atoms with Gasteiger partial charge in [0.15, 0.2) is 5.60 Å². The number of carbonyl (C=O) groups is 1. The van der Waals surface area contributed by atoms with E-state index in [1.54, 1.807) is 29.9 Å². The van der Waals surface area contributed by atoms with E-state index in [9.17, 15) is 9.18 Å². The fourth-order valence-corrected chi connectivity index (χ4v) is 3.80. The third-order valence-corrected chi connectivity index (χ3v) is 5.22. The Kier molecular flexibility index (Phi) is 5.41. The van der Waals surface area contributed by atoms with Crippen LogP contribution in [-0.4, -0.2) is 83.8 Å². The first-order valence-electron chi connectivity index (χ1n) is 8.67. The predicted molar refractivity (Wildman–Crippen MR) is 89.7 cm³/mol. The second kappa shape index (κ2) is 7.39. The number of hydrogen-bond donors (Lipinski definition) is 0. The first-order chi connectivity index (χ1) is 11.9. The number of methoxy groups -OCH3 is 1. The number of amides is 1. The fourth-order valence-electron chi connectivity index (χ4n) is 3.80. The second-order valence-corrected chi connectivity index (χ2v) is 7.13. The maximum absolute atomic E-state index is 14.0. The Morgan fingerprint density at radius 2 is 2.40 bits per heavy atom. The van der Waals surface area contributed by atoms with Crippen molar-refractivity contribution in [3.8, 4) is 0 Å². The second-order valence-electron chi connectivity index (χ2n) is 7.13. The van der Waals surface area contributed by atoms with Gasteiger partial charge in [0.1, 0.15) is 6.17 Å². The van der Waals surface area contributed by atoms with Gasteiger partial charge in [-0.3, -0.25) is 14.4 Å². The number of aromatic nitrogens is 2. The molecule has 3 rings (SSSR count). The van der Waals surface area contributed by atoms with Gasteiger partial charge in [0.2, 0.25) is 0 Å². The average Bonchev–Trinajstić information content (AvgIpc) is 3.29. The smallest absolute Gasteiger partial charge is 0.257 e. The molecule has 3 heterocycles. The van der Waals surface area contributed by atoms with Gasteiger partial charge in [-0.15, -0.1) is 0 Å². The van der Waals surface area contributed by atoms with Crippen LogP contribution in [0.3, 0.4) is 0 Å². The van der Waals surface area contributed by atoms with E-state index < -0.39 is 11.8 Å². The van der Waals surface area contributed by atoms with Crippen molar-refractivity contribution in [2.45, 2.75) is 37.2 Å². The lowest BCUT2D eigenvalue weighted by atomic mass is 10.0. The van der Waals surface area contributed by atoms with E-state index in [4.69, 9.17) is 9.47 Å². The lowest BCUT2D eigenvalue weighted by Crippen LogP contribution is -2.52. The van der Waals surface area contributed by atoms with Crippen LogP contribution in [0.5, 0.6) is 0 Å². The van der Waals surface area contributed by atoms with Gasteiger partial charge in [0, 0.05) is 65.1 Å². The zero-order chi connectivity index (χ0) is 18.0. The van der Waals surface area contributed by atoms with Crippen LogP contribution in [0.1, 0.15) is 18.4 Å². The zero-order valence-electron chi connectivity index (χ0n) is 15.2.